The Labute approximate surface area is 177 Å². The highest BCUT2D eigenvalue weighted by Crippen LogP contribution is 2.40. The lowest BCUT2D eigenvalue weighted by Gasteiger charge is -2.46. The van der Waals surface area contributed by atoms with Crippen molar-refractivity contribution in [1.29, 1.82) is 0 Å². The van der Waals surface area contributed by atoms with Crippen LogP contribution in [0.3, 0.4) is 0 Å². The summed E-state index contributed by atoms with van der Waals surface area (Å²) in [4.78, 5) is 7.62. The predicted octanol–water partition coefficient (Wildman–Crippen LogP) is 4.26. The molecule has 0 aromatic heterocycles. The molecule has 1 fully saturated rings. The Kier molecular flexibility index (Phi) is 5.80. The molecule has 160 valence electrons. The molecule has 1 saturated heterocycles. The van der Waals surface area contributed by atoms with Crippen LogP contribution < -0.4 is 10.1 Å². The van der Waals surface area contributed by atoms with Crippen LogP contribution in [0, 0.1) is 5.82 Å². The summed E-state index contributed by atoms with van der Waals surface area (Å²) in [6.07, 6.45) is 2.39. The van der Waals surface area contributed by atoms with Crippen LogP contribution >= 0.6 is 0 Å². The number of methoxy groups -OCH3 is 1. The van der Waals surface area contributed by atoms with Crippen molar-refractivity contribution >= 4 is 5.71 Å². The molecule has 0 aliphatic carbocycles. The van der Waals surface area contributed by atoms with E-state index in [1.807, 2.05) is 12.1 Å². The van der Waals surface area contributed by atoms with Gasteiger partial charge in [-0.1, -0.05) is 24.3 Å². The fourth-order valence-corrected chi connectivity index (χ4v) is 4.57. The lowest BCUT2D eigenvalue weighted by Crippen LogP contribution is -2.56. The summed E-state index contributed by atoms with van der Waals surface area (Å²) in [7, 11) is 1.56. The fourth-order valence-electron chi connectivity index (χ4n) is 4.57. The maximum atomic E-state index is 13.5. The van der Waals surface area contributed by atoms with Gasteiger partial charge in [0.15, 0.2) is 11.5 Å². The van der Waals surface area contributed by atoms with Gasteiger partial charge in [0.25, 0.3) is 0 Å². The van der Waals surface area contributed by atoms with E-state index in [0.717, 1.165) is 42.8 Å². The number of hydrogen-bond acceptors (Lipinski definition) is 5. The normalized spacial score (nSPS) is 21.6. The van der Waals surface area contributed by atoms with Crippen LogP contribution in [0.5, 0.6) is 11.5 Å². The minimum atomic E-state index is -0.395. The van der Waals surface area contributed by atoms with E-state index in [4.69, 9.17) is 9.73 Å². The standard InChI is InChI=1S/C24H30FN3O2/c1-16(2)28-13-11-24(12-14-28)26-20(17-7-9-18(25)10-8-17)15-21(27-24)19-5-4-6-22(30-3)23(19)29/h4-10,16,21,27,29H,11-15H2,1-3H3/t21-/m0/s1. The number of nitrogens with zero attached hydrogens (tertiary/aromatic N) is 2. The number of para-hydroxylation sites is 1. The first kappa shape index (κ1) is 20.8. The number of hydrogen-bond donors (Lipinski definition) is 2. The maximum absolute atomic E-state index is 13.5. The molecule has 4 rings (SSSR count). The molecule has 0 bridgehead atoms. The van der Waals surface area contributed by atoms with Crippen molar-refractivity contribution in [2.45, 2.75) is 50.9 Å². The van der Waals surface area contributed by atoms with Crippen molar-refractivity contribution < 1.29 is 14.2 Å². The summed E-state index contributed by atoms with van der Waals surface area (Å²) >= 11 is 0. The number of aromatic hydroxyl groups is 1. The number of phenols is 1. The summed E-state index contributed by atoms with van der Waals surface area (Å²) in [5.74, 6) is 0.367. The van der Waals surface area contributed by atoms with Crippen LogP contribution in [-0.4, -0.2) is 47.6 Å². The van der Waals surface area contributed by atoms with Crippen LogP contribution in [0.1, 0.15) is 50.3 Å². The van der Waals surface area contributed by atoms with Gasteiger partial charge >= 0.3 is 0 Å². The SMILES string of the molecule is COc1cccc([C@@H]2CC(c3ccc(F)cc3)=NC3(CCN(C(C)C)CC3)N2)c1O. The molecule has 2 heterocycles. The van der Waals surface area contributed by atoms with Gasteiger partial charge in [-0.3, -0.25) is 10.3 Å². The van der Waals surface area contributed by atoms with Crippen molar-refractivity contribution in [3.05, 3.63) is 59.4 Å². The molecule has 6 heteroatoms. The molecule has 1 atom stereocenters. The van der Waals surface area contributed by atoms with E-state index in [0.29, 0.717) is 18.2 Å². The third kappa shape index (κ3) is 4.07. The van der Waals surface area contributed by atoms with Crippen LogP contribution in [0.2, 0.25) is 0 Å². The van der Waals surface area contributed by atoms with E-state index >= 15 is 0 Å². The van der Waals surface area contributed by atoms with Gasteiger partial charge in [0.1, 0.15) is 11.5 Å². The summed E-state index contributed by atoms with van der Waals surface area (Å²) in [6.45, 7) is 6.36. The number of likely N-dealkylation sites (tertiary alicyclic amines) is 1. The molecule has 30 heavy (non-hydrogen) atoms. The van der Waals surface area contributed by atoms with Crippen LogP contribution in [0.25, 0.3) is 0 Å². The van der Waals surface area contributed by atoms with Gasteiger partial charge in [0.2, 0.25) is 0 Å². The third-order valence-corrected chi connectivity index (χ3v) is 6.35. The fraction of sp³-hybridized carbons (Fsp3) is 0.458. The first-order valence-electron chi connectivity index (χ1n) is 10.6. The maximum Gasteiger partial charge on any atom is 0.162 e. The number of phenolic OH excluding ortho intramolecular Hbond substituents is 1. The molecule has 5 nitrogen and oxygen atoms in total. The van der Waals surface area contributed by atoms with E-state index in [1.54, 1.807) is 25.3 Å². The van der Waals surface area contributed by atoms with Crippen molar-refractivity contribution in [1.82, 2.24) is 10.2 Å². The van der Waals surface area contributed by atoms with Gasteiger partial charge in [-0.05, 0) is 50.5 Å². The van der Waals surface area contributed by atoms with E-state index in [9.17, 15) is 9.50 Å². The summed E-state index contributed by atoms with van der Waals surface area (Å²) in [5.41, 5.74) is 2.28. The zero-order valence-electron chi connectivity index (χ0n) is 17.9. The van der Waals surface area contributed by atoms with Crippen molar-refractivity contribution in [2.75, 3.05) is 20.2 Å². The minimum Gasteiger partial charge on any atom is -0.504 e. The number of rotatable bonds is 4. The lowest BCUT2D eigenvalue weighted by atomic mass is 9.87. The number of benzene rings is 2. The second kappa shape index (κ2) is 8.36. The molecule has 0 unspecified atom stereocenters. The van der Waals surface area contributed by atoms with Gasteiger partial charge in [-0.25, -0.2) is 4.39 Å². The van der Waals surface area contributed by atoms with Crippen LogP contribution in [0.15, 0.2) is 47.5 Å². The third-order valence-electron chi connectivity index (χ3n) is 6.35. The van der Waals surface area contributed by atoms with Gasteiger partial charge in [0, 0.05) is 42.9 Å². The van der Waals surface area contributed by atoms with E-state index in [1.165, 1.54) is 12.1 Å². The van der Waals surface area contributed by atoms with Crippen molar-refractivity contribution in [3.8, 4) is 11.5 Å². The number of piperidine rings is 1. The molecule has 0 saturated carbocycles. The Hall–Kier alpha value is -2.44. The second-order valence-electron chi connectivity index (χ2n) is 8.53. The Morgan fingerprint density at radius 2 is 1.87 bits per heavy atom. The van der Waals surface area contributed by atoms with Gasteiger partial charge < -0.3 is 14.7 Å². The van der Waals surface area contributed by atoms with Crippen LogP contribution in [-0.2, 0) is 0 Å². The summed E-state index contributed by atoms with van der Waals surface area (Å²) in [6, 6.07) is 12.5. The Bertz CT molecular complexity index is 919. The number of ether oxygens (including phenoxy) is 1. The van der Waals surface area contributed by atoms with E-state index in [2.05, 4.69) is 24.1 Å². The first-order valence-corrected chi connectivity index (χ1v) is 10.6. The van der Waals surface area contributed by atoms with Crippen molar-refractivity contribution in [3.63, 3.8) is 0 Å². The average molecular weight is 412 g/mol. The quantitative estimate of drug-likeness (QED) is 0.789. The molecule has 0 amide bonds. The predicted molar refractivity (Wildman–Crippen MR) is 117 cm³/mol. The Morgan fingerprint density at radius 3 is 2.50 bits per heavy atom. The highest BCUT2D eigenvalue weighted by molar-refractivity contribution is 6.01. The first-order chi connectivity index (χ1) is 14.4. The largest absolute Gasteiger partial charge is 0.504 e. The molecule has 2 aromatic rings. The average Bonchev–Trinajstić information content (AvgIpc) is 2.74. The van der Waals surface area contributed by atoms with E-state index < -0.39 is 5.66 Å². The molecule has 1 spiro atoms. The highest BCUT2D eigenvalue weighted by atomic mass is 19.1. The minimum absolute atomic E-state index is 0.108. The molecular weight excluding hydrogens is 381 g/mol. The van der Waals surface area contributed by atoms with Gasteiger partial charge in [0.05, 0.1) is 7.11 Å². The van der Waals surface area contributed by atoms with Crippen molar-refractivity contribution in [2.24, 2.45) is 4.99 Å². The smallest absolute Gasteiger partial charge is 0.162 e. The monoisotopic (exact) mass is 411 g/mol. The van der Waals surface area contributed by atoms with Gasteiger partial charge in [-0.15, -0.1) is 0 Å². The highest BCUT2D eigenvalue weighted by Gasteiger charge is 2.41. The Morgan fingerprint density at radius 1 is 1.17 bits per heavy atom. The molecule has 2 aromatic carbocycles. The number of halogens is 1. The summed E-state index contributed by atoms with van der Waals surface area (Å²) < 4.78 is 18.8. The molecule has 2 aliphatic heterocycles. The topological polar surface area (TPSA) is 57.1 Å². The number of nitrogens with one attached hydrogen (secondary N) is 1. The molecule has 2 N–H and O–H groups in total. The molecule has 2 aliphatic rings. The molecule has 0 radical (unpaired) electrons. The zero-order chi connectivity index (χ0) is 21.3. The Balaban J connectivity index is 1.71. The van der Waals surface area contributed by atoms with E-state index in [-0.39, 0.29) is 17.6 Å². The van der Waals surface area contributed by atoms with Gasteiger partial charge in [-0.2, -0.15) is 0 Å². The number of aliphatic imine (C=N–C) groups is 1. The van der Waals surface area contributed by atoms with Crippen LogP contribution in [0.4, 0.5) is 4.39 Å². The summed E-state index contributed by atoms with van der Waals surface area (Å²) in [5, 5.41) is 14.5. The molecular formula is C24H30FN3O2. The lowest BCUT2D eigenvalue weighted by molar-refractivity contribution is 0.103. The second-order valence-corrected chi connectivity index (χ2v) is 8.53. The zero-order valence-corrected chi connectivity index (χ0v) is 17.9.